The van der Waals surface area contributed by atoms with Gasteiger partial charge in [0.05, 0.1) is 11.2 Å². The van der Waals surface area contributed by atoms with Gasteiger partial charge in [-0.05, 0) is 34.6 Å². The van der Waals surface area contributed by atoms with Crippen LogP contribution in [0.4, 0.5) is 0 Å². The van der Waals surface area contributed by atoms with Gasteiger partial charge >= 0.3 is 0 Å². The van der Waals surface area contributed by atoms with E-state index < -0.39 is 0 Å². The molecule has 5 rings (SSSR count). The highest BCUT2D eigenvalue weighted by atomic mass is 14.9. The minimum absolute atomic E-state index is 0.277. The highest BCUT2D eigenvalue weighted by Crippen LogP contribution is 2.35. The molecule has 152 valence electrons. The molecular weight excluding hydrogens is 376 g/mol. The fourth-order valence-corrected chi connectivity index (χ4v) is 4.08. The summed E-state index contributed by atoms with van der Waals surface area (Å²) in [5, 5.41) is 3.49. The van der Waals surface area contributed by atoms with Gasteiger partial charge < -0.3 is 0 Å². The quantitative estimate of drug-likeness (QED) is 0.286. The molecule has 1 unspecified atom stereocenters. The lowest BCUT2D eigenvalue weighted by atomic mass is 9.95. The average Bonchev–Trinajstić information content (AvgIpc) is 2.83. The topological polar surface area (TPSA) is 25.8 Å². The van der Waals surface area contributed by atoms with E-state index in [0.29, 0.717) is 5.92 Å². The number of fused-ring (bicyclic) bond motifs is 3. The highest BCUT2D eigenvalue weighted by Gasteiger charge is 2.18. The van der Waals surface area contributed by atoms with Gasteiger partial charge in [0, 0.05) is 22.3 Å². The van der Waals surface area contributed by atoms with Crippen molar-refractivity contribution in [2.24, 2.45) is 5.92 Å². The first-order valence-electron chi connectivity index (χ1n) is 11.0. The molecule has 0 saturated carbocycles. The van der Waals surface area contributed by atoms with E-state index in [2.05, 4.69) is 112 Å². The van der Waals surface area contributed by atoms with Crippen molar-refractivity contribution in [3.8, 4) is 22.4 Å². The first-order chi connectivity index (χ1) is 15.1. The van der Waals surface area contributed by atoms with Crippen LogP contribution in [0.1, 0.15) is 32.5 Å². The Kier molecular flexibility index (Phi) is 4.99. The van der Waals surface area contributed by atoms with Crippen LogP contribution in [0.2, 0.25) is 0 Å². The van der Waals surface area contributed by atoms with Crippen LogP contribution < -0.4 is 0 Å². The summed E-state index contributed by atoms with van der Waals surface area (Å²) in [5.74, 6) is 1.66. The summed E-state index contributed by atoms with van der Waals surface area (Å²) in [6.45, 7) is 6.69. The molecule has 0 aliphatic carbocycles. The fraction of sp³-hybridized carbons (Fsp3) is 0.172. The molecule has 0 N–H and O–H groups in total. The molecular formula is C29H26N2. The van der Waals surface area contributed by atoms with Crippen LogP contribution in [0.3, 0.4) is 0 Å². The van der Waals surface area contributed by atoms with Crippen LogP contribution in [0.5, 0.6) is 0 Å². The number of hydrogen-bond acceptors (Lipinski definition) is 2. The van der Waals surface area contributed by atoms with Crippen molar-refractivity contribution in [3.63, 3.8) is 0 Å². The Morgan fingerprint density at radius 2 is 1.29 bits per heavy atom. The Labute approximate surface area is 183 Å². The Bertz CT molecular complexity index is 1370. The zero-order valence-electron chi connectivity index (χ0n) is 18.2. The molecule has 0 saturated heterocycles. The van der Waals surface area contributed by atoms with Crippen LogP contribution in [-0.2, 0) is 0 Å². The molecule has 1 atom stereocenters. The van der Waals surface area contributed by atoms with Gasteiger partial charge in [0.1, 0.15) is 5.82 Å². The Hall–Kier alpha value is -3.52. The monoisotopic (exact) mass is 402 g/mol. The van der Waals surface area contributed by atoms with Crippen LogP contribution >= 0.6 is 0 Å². The average molecular weight is 403 g/mol. The predicted molar refractivity (Wildman–Crippen MR) is 131 cm³/mol. The SMILES string of the molecule is CC(C)C(C)c1nc(-c2cccc(-c3ccccc3)c2)c2ccc3ccccc3c2n1. The maximum atomic E-state index is 5.12. The van der Waals surface area contributed by atoms with Gasteiger partial charge in [0.25, 0.3) is 0 Å². The predicted octanol–water partition coefficient (Wildman–Crippen LogP) is 7.88. The van der Waals surface area contributed by atoms with Crippen LogP contribution in [0, 0.1) is 5.92 Å². The maximum Gasteiger partial charge on any atom is 0.132 e. The smallest absolute Gasteiger partial charge is 0.132 e. The molecule has 0 aliphatic heterocycles. The third kappa shape index (κ3) is 3.59. The number of benzene rings is 4. The van der Waals surface area contributed by atoms with E-state index in [-0.39, 0.29) is 5.92 Å². The zero-order chi connectivity index (χ0) is 21.4. The summed E-state index contributed by atoms with van der Waals surface area (Å²) in [5.41, 5.74) is 5.58. The summed E-state index contributed by atoms with van der Waals surface area (Å²) in [6, 6.07) is 32.0. The fourth-order valence-electron chi connectivity index (χ4n) is 4.08. The van der Waals surface area contributed by atoms with Crippen molar-refractivity contribution in [3.05, 3.63) is 96.8 Å². The summed E-state index contributed by atoms with van der Waals surface area (Å²) >= 11 is 0. The Balaban J connectivity index is 1.79. The molecule has 0 spiro atoms. The van der Waals surface area contributed by atoms with Crippen LogP contribution in [-0.4, -0.2) is 9.97 Å². The molecule has 1 aromatic heterocycles. The molecule has 1 heterocycles. The van der Waals surface area contributed by atoms with Gasteiger partial charge in [-0.15, -0.1) is 0 Å². The van der Waals surface area contributed by atoms with E-state index in [0.717, 1.165) is 28.0 Å². The Morgan fingerprint density at radius 3 is 2.10 bits per heavy atom. The number of hydrogen-bond donors (Lipinski definition) is 0. The van der Waals surface area contributed by atoms with E-state index in [4.69, 9.17) is 9.97 Å². The highest BCUT2D eigenvalue weighted by molar-refractivity contribution is 6.09. The number of nitrogens with zero attached hydrogens (tertiary/aromatic N) is 2. The third-order valence-electron chi connectivity index (χ3n) is 6.26. The summed E-state index contributed by atoms with van der Waals surface area (Å²) in [4.78, 5) is 10.2. The molecule has 5 aromatic rings. The van der Waals surface area contributed by atoms with Gasteiger partial charge in [-0.2, -0.15) is 0 Å². The lowest BCUT2D eigenvalue weighted by Crippen LogP contribution is -2.08. The number of aromatic nitrogens is 2. The van der Waals surface area contributed by atoms with Gasteiger partial charge in [-0.3, -0.25) is 0 Å². The van der Waals surface area contributed by atoms with E-state index in [1.165, 1.54) is 21.9 Å². The van der Waals surface area contributed by atoms with E-state index >= 15 is 0 Å². The standard InChI is InChI=1S/C29H26N2/c1-19(2)20(3)29-30-27(24-14-9-13-23(18-24)21-10-5-4-6-11-21)26-17-16-22-12-7-8-15-25(22)28(26)31-29/h4-20H,1-3H3. The van der Waals surface area contributed by atoms with Gasteiger partial charge in [0.2, 0.25) is 0 Å². The van der Waals surface area contributed by atoms with Crippen molar-refractivity contribution >= 4 is 21.7 Å². The summed E-state index contributed by atoms with van der Waals surface area (Å²) in [7, 11) is 0. The third-order valence-corrected chi connectivity index (χ3v) is 6.26. The van der Waals surface area contributed by atoms with Gasteiger partial charge in [0.15, 0.2) is 0 Å². The molecule has 2 heteroatoms. The van der Waals surface area contributed by atoms with Crippen molar-refractivity contribution in [2.45, 2.75) is 26.7 Å². The van der Waals surface area contributed by atoms with E-state index in [1.54, 1.807) is 0 Å². The second-order valence-electron chi connectivity index (χ2n) is 8.59. The Morgan fingerprint density at radius 1 is 0.581 bits per heavy atom. The minimum atomic E-state index is 0.277. The van der Waals surface area contributed by atoms with Crippen molar-refractivity contribution in [1.82, 2.24) is 9.97 Å². The normalized spacial score (nSPS) is 12.5. The summed E-state index contributed by atoms with van der Waals surface area (Å²) in [6.07, 6.45) is 0. The summed E-state index contributed by atoms with van der Waals surface area (Å²) < 4.78 is 0. The minimum Gasteiger partial charge on any atom is -0.232 e. The largest absolute Gasteiger partial charge is 0.232 e. The second-order valence-corrected chi connectivity index (χ2v) is 8.59. The first kappa shape index (κ1) is 19.4. The molecule has 0 fully saturated rings. The van der Waals surface area contributed by atoms with Gasteiger partial charge in [-0.25, -0.2) is 9.97 Å². The lowest BCUT2D eigenvalue weighted by molar-refractivity contribution is 0.512. The first-order valence-corrected chi connectivity index (χ1v) is 11.0. The molecule has 0 bridgehead atoms. The zero-order valence-corrected chi connectivity index (χ0v) is 18.2. The molecule has 4 aromatic carbocycles. The second kappa shape index (κ2) is 7.96. The maximum absolute atomic E-state index is 5.12. The molecule has 0 aliphatic rings. The molecule has 0 amide bonds. The lowest BCUT2D eigenvalue weighted by Gasteiger charge is -2.17. The molecule has 2 nitrogen and oxygen atoms in total. The number of rotatable bonds is 4. The van der Waals surface area contributed by atoms with Crippen LogP contribution in [0.15, 0.2) is 91.0 Å². The molecule has 31 heavy (non-hydrogen) atoms. The van der Waals surface area contributed by atoms with E-state index in [1.807, 2.05) is 0 Å². The molecule has 0 radical (unpaired) electrons. The van der Waals surface area contributed by atoms with E-state index in [9.17, 15) is 0 Å². The van der Waals surface area contributed by atoms with Crippen LogP contribution in [0.25, 0.3) is 44.1 Å². The van der Waals surface area contributed by atoms with Crippen molar-refractivity contribution < 1.29 is 0 Å². The van der Waals surface area contributed by atoms with Crippen molar-refractivity contribution in [1.29, 1.82) is 0 Å². The van der Waals surface area contributed by atoms with Crippen molar-refractivity contribution in [2.75, 3.05) is 0 Å². The van der Waals surface area contributed by atoms with Gasteiger partial charge in [-0.1, -0.05) is 99.6 Å².